The topological polar surface area (TPSA) is 151 Å². The van der Waals surface area contributed by atoms with Crippen LogP contribution in [0.15, 0.2) is 33.9 Å². The Morgan fingerprint density at radius 3 is 2.35 bits per heavy atom. The van der Waals surface area contributed by atoms with E-state index in [-0.39, 0.29) is 11.6 Å². The highest BCUT2D eigenvalue weighted by atomic mass is 16.6. The molecular weight excluding hydrogens is 476 g/mol. The number of carbonyl (C=O) groups is 1. The number of amides is 1. The van der Waals surface area contributed by atoms with Gasteiger partial charge in [-0.25, -0.2) is 0 Å². The Morgan fingerprint density at radius 2 is 1.70 bits per heavy atom. The summed E-state index contributed by atoms with van der Waals surface area (Å²) < 4.78 is 1.66. The number of H-pyrrole nitrogens is 1. The maximum atomic E-state index is 12.2. The van der Waals surface area contributed by atoms with E-state index in [1.807, 2.05) is 12.1 Å². The van der Waals surface area contributed by atoms with E-state index >= 15 is 0 Å². The van der Waals surface area contributed by atoms with Gasteiger partial charge in [-0.2, -0.15) is 0 Å². The van der Waals surface area contributed by atoms with Crippen molar-refractivity contribution in [2.45, 2.75) is 58.9 Å². The van der Waals surface area contributed by atoms with Crippen molar-refractivity contribution in [2.75, 3.05) is 29.0 Å². The van der Waals surface area contributed by atoms with Gasteiger partial charge >= 0.3 is 11.1 Å². The fraction of sp³-hybridized carbons (Fsp3) is 0.423. The van der Waals surface area contributed by atoms with Crippen LogP contribution in [0, 0.1) is 10.1 Å². The maximum absolute atomic E-state index is 12.2. The minimum absolute atomic E-state index is 0.0531. The lowest BCUT2D eigenvalue weighted by atomic mass is 10.00. The van der Waals surface area contributed by atoms with E-state index < -0.39 is 16.0 Å². The smallest absolute Gasteiger partial charge is 0.316 e. The molecule has 2 aliphatic heterocycles. The number of nitro groups is 1. The molecule has 0 saturated carbocycles. The van der Waals surface area contributed by atoms with Crippen molar-refractivity contribution in [2.24, 2.45) is 0 Å². The van der Waals surface area contributed by atoms with E-state index in [4.69, 9.17) is 0 Å². The predicted octanol–water partition coefficient (Wildman–Crippen LogP) is 3.76. The number of aromatic nitrogens is 2. The fourth-order valence-electron chi connectivity index (χ4n) is 4.90. The average molecular weight is 509 g/mol. The molecule has 4 N–H and O–H groups in total. The summed E-state index contributed by atoms with van der Waals surface area (Å²) in [5.74, 6) is -0.299. The molecular formula is C26H32N6O5. The van der Waals surface area contributed by atoms with Gasteiger partial charge in [-0.05, 0) is 50.3 Å². The summed E-state index contributed by atoms with van der Waals surface area (Å²) in [5.41, 5.74) is 4.88. The minimum Gasteiger partial charge on any atom is -0.385 e. The number of anilines is 3. The van der Waals surface area contributed by atoms with E-state index in [0.717, 1.165) is 85.1 Å². The van der Waals surface area contributed by atoms with Crippen LogP contribution in [0.1, 0.15) is 50.7 Å². The number of aryl methyl sites for hydroxylation is 2. The van der Waals surface area contributed by atoms with Crippen LogP contribution in [-0.4, -0.2) is 33.5 Å². The summed E-state index contributed by atoms with van der Waals surface area (Å²) in [6.07, 6.45) is 5.52. The lowest BCUT2D eigenvalue weighted by Gasteiger charge is -2.21. The van der Waals surface area contributed by atoms with Crippen molar-refractivity contribution in [1.29, 1.82) is 0 Å². The van der Waals surface area contributed by atoms with Crippen molar-refractivity contribution < 1.29 is 9.72 Å². The largest absolute Gasteiger partial charge is 0.385 e. The van der Waals surface area contributed by atoms with E-state index in [1.54, 1.807) is 10.6 Å². The van der Waals surface area contributed by atoms with Gasteiger partial charge in [-0.1, -0.05) is 13.3 Å². The number of rotatable bonds is 5. The summed E-state index contributed by atoms with van der Waals surface area (Å²) in [6, 6.07) is 6.98. The highest BCUT2D eigenvalue weighted by Gasteiger charge is 2.23. The molecule has 1 amide bonds. The standard InChI is InChI=1S/C15H19N3O2.C11H13N3O3/c1-2-3-9-18-13-10-5-4-8-16-11(10)6-7-12(13)17-14(19)15(18)20;1-7(15)13-11-8-3-2-6-12-9(8)4-5-10(11)14(16)17/h6-7,16H,2-5,8-9H2,1H3,(H,17,19);4-5,12H,2-3,6H2,1H3,(H,13,15). The number of unbranched alkanes of at least 4 members (excludes halogenated alkanes) is 1. The average Bonchev–Trinajstić information content (AvgIpc) is 2.89. The Labute approximate surface area is 213 Å². The van der Waals surface area contributed by atoms with E-state index in [2.05, 4.69) is 27.9 Å². The zero-order chi connectivity index (χ0) is 26.5. The number of nitrogens with one attached hydrogen (secondary N) is 4. The number of fused-ring (bicyclic) bond motifs is 4. The monoisotopic (exact) mass is 508 g/mol. The van der Waals surface area contributed by atoms with Gasteiger partial charge in [0.1, 0.15) is 5.69 Å². The Bertz CT molecular complexity index is 1460. The van der Waals surface area contributed by atoms with Crippen LogP contribution in [0.5, 0.6) is 0 Å². The van der Waals surface area contributed by atoms with Gasteiger partial charge in [0, 0.05) is 55.1 Å². The summed E-state index contributed by atoms with van der Waals surface area (Å²) in [5, 5.41) is 20.0. The number of carbonyl (C=O) groups excluding carboxylic acids is 1. The quantitative estimate of drug-likeness (QED) is 0.233. The lowest BCUT2D eigenvalue weighted by Crippen LogP contribution is -2.37. The van der Waals surface area contributed by atoms with Crippen LogP contribution in [0.4, 0.5) is 22.7 Å². The van der Waals surface area contributed by atoms with Crippen LogP contribution in [-0.2, 0) is 24.2 Å². The fourth-order valence-corrected chi connectivity index (χ4v) is 4.90. The van der Waals surface area contributed by atoms with Crippen molar-refractivity contribution in [3.63, 3.8) is 0 Å². The molecule has 11 heteroatoms. The lowest BCUT2D eigenvalue weighted by molar-refractivity contribution is -0.384. The second kappa shape index (κ2) is 11.3. The summed E-state index contributed by atoms with van der Waals surface area (Å²) >= 11 is 0. The molecule has 0 radical (unpaired) electrons. The van der Waals surface area contributed by atoms with Crippen molar-refractivity contribution in [3.8, 4) is 0 Å². The molecule has 0 aliphatic carbocycles. The maximum Gasteiger partial charge on any atom is 0.316 e. The molecule has 0 saturated heterocycles. The second-order valence-corrected chi connectivity index (χ2v) is 9.24. The molecule has 37 heavy (non-hydrogen) atoms. The summed E-state index contributed by atoms with van der Waals surface area (Å²) in [6.45, 7) is 5.84. The van der Waals surface area contributed by atoms with Gasteiger partial charge < -0.3 is 25.5 Å². The number of benzene rings is 2. The predicted molar refractivity (Wildman–Crippen MR) is 145 cm³/mol. The molecule has 0 bridgehead atoms. The molecule has 0 atom stereocenters. The molecule has 0 fully saturated rings. The van der Waals surface area contributed by atoms with Crippen LogP contribution in [0.3, 0.4) is 0 Å². The molecule has 196 valence electrons. The minimum atomic E-state index is -0.530. The van der Waals surface area contributed by atoms with Gasteiger partial charge in [-0.3, -0.25) is 24.5 Å². The zero-order valence-electron chi connectivity index (χ0n) is 21.1. The van der Waals surface area contributed by atoms with E-state index in [0.29, 0.717) is 12.2 Å². The molecule has 0 unspecified atom stereocenters. The second-order valence-electron chi connectivity index (χ2n) is 9.24. The molecule has 0 spiro atoms. The summed E-state index contributed by atoms with van der Waals surface area (Å²) in [4.78, 5) is 48.2. The molecule has 11 nitrogen and oxygen atoms in total. The molecule has 1 aromatic heterocycles. The van der Waals surface area contributed by atoms with Gasteiger partial charge in [0.2, 0.25) is 5.91 Å². The van der Waals surface area contributed by atoms with Crippen molar-refractivity contribution in [1.82, 2.24) is 9.55 Å². The normalized spacial score (nSPS) is 13.8. The highest BCUT2D eigenvalue weighted by molar-refractivity contribution is 5.94. The third-order valence-electron chi connectivity index (χ3n) is 6.60. The molecule has 2 aliphatic rings. The number of nitro benzene ring substituents is 1. The molecule has 2 aromatic carbocycles. The first-order chi connectivity index (χ1) is 17.8. The van der Waals surface area contributed by atoms with Gasteiger partial charge in [0.25, 0.3) is 5.69 Å². The molecule has 5 rings (SSSR count). The Hall–Kier alpha value is -4.15. The third-order valence-corrected chi connectivity index (χ3v) is 6.60. The zero-order valence-corrected chi connectivity index (χ0v) is 21.1. The Kier molecular flexibility index (Phi) is 7.90. The Balaban J connectivity index is 0.000000176. The van der Waals surface area contributed by atoms with Crippen molar-refractivity contribution >= 4 is 39.7 Å². The van der Waals surface area contributed by atoms with Crippen LogP contribution in [0.25, 0.3) is 11.0 Å². The number of nitrogens with zero attached hydrogens (tertiary/aromatic N) is 2. The van der Waals surface area contributed by atoms with Gasteiger partial charge in [0.15, 0.2) is 0 Å². The first-order valence-corrected chi connectivity index (χ1v) is 12.7. The summed E-state index contributed by atoms with van der Waals surface area (Å²) in [7, 11) is 0. The van der Waals surface area contributed by atoms with Crippen LogP contribution in [0.2, 0.25) is 0 Å². The van der Waals surface area contributed by atoms with Crippen LogP contribution < -0.4 is 27.1 Å². The van der Waals surface area contributed by atoms with Crippen molar-refractivity contribution in [3.05, 3.63) is 66.2 Å². The van der Waals surface area contributed by atoms with Gasteiger partial charge in [-0.15, -0.1) is 0 Å². The molecule has 3 aromatic rings. The van der Waals surface area contributed by atoms with Crippen LogP contribution >= 0.6 is 0 Å². The number of hydrogen-bond donors (Lipinski definition) is 4. The number of aromatic amines is 1. The highest BCUT2D eigenvalue weighted by Crippen LogP contribution is 2.36. The van der Waals surface area contributed by atoms with E-state index in [1.165, 1.54) is 13.0 Å². The number of hydrogen-bond acceptors (Lipinski definition) is 7. The SMILES string of the molecule is CC(=O)Nc1c([N+](=O)[O-])ccc2c1CCCN2.CCCCn1c(=O)c(=O)[nH]c2ccc3c(c21)CCCN3. The first-order valence-electron chi connectivity index (χ1n) is 12.7. The van der Waals surface area contributed by atoms with E-state index in [9.17, 15) is 24.5 Å². The van der Waals surface area contributed by atoms with Gasteiger partial charge in [0.05, 0.1) is 16.0 Å². The molecule has 3 heterocycles. The first kappa shape index (κ1) is 25.9. The third kappa shape index (κ3) is 5.50. The Morgan fingerprint density at radius 1 is 1.05 bits per heavy atom.